The van der Waals surface area contributed by atoms with E-state index in [2.05, 4.69) is 50.5 Å². The number of rotatable bonds is 5. The topological polar surface area (TPSA) is 24.9 Å². The first-order valence-corrected chi connectivity index (χ1v) is 7.24. The van der Waals surface area contributed by atoms with Gasteiger partial charge < -0.3 is 5.32 Å². The molecule has 0 saturated heterocycles. The number of hydrogen-bond acceptors (Lipinski definition) is 3. The fraction of sp³-hybridized carbons (Fsp3) is 0.308. The Morgan fingerprint density at radius 1 is 1.35 bits per heavy atom. The van der Waals surface area contributed by atoms with Crippen molar-refractivity contribution in [2.45, 2.75) is 12.3 Å². The van der Waals surface area contributed by atoms with Crippen molar-refractivity contribution >= 4 is 27.3 Å². The predicted molar refractivity (Wildman–Crippen MR) is 76.6 cm³/mol. The molecule has 17 heavy (non-hydrogen) atoms. The highest BCUT2D eigenvalue weighted by Crippen LogP contribution is 2.23. The fourth-order valence-corrected chi connectivity index (χ4v) is 2.82. The molecule has 1 aromatic heterocycles. The SMILES string of the molecule is CNCC(Cc1cncs1)c1ccc(Br)cc1. The maximum absolute atomic E-state index is 4.13. The minimum Gasteiger partial charge on any atom is -0.319 e. The van der Waals surface area contributed by atoms with Crippen LogP contribution < -0.4 is 5.32 Å². The first kappa shape index (κ1) is 12.7. The zero-order valence-electron chi connectivity index (χ0n) is 9.69. The van der Waals surface area contributed by atoms with Crippen LogP contribution in [0.25, 0.3) is 0 Å². The van der Waals surface area contributed by atoms with Gasteiger partial charge in [-0.2, -0.15) is 0 Å². The summed E-state index contributed by atoms with van der Waals surface area (Å²) in [5.74, 6) is 0.508. The predicted octanol–water partition coefficient (Wildman–Crippen LogP) is 3.45. The van der Waals surface area contributed by atoms with E-state index in [1.807, 2.05) is 18.8 Å². The molecule has 2 nitrogen and oxygen atoms in total. The molecular weight excluding hydrogens is 296 g/mol. The molecule has 0 aliphatic heterocycles. The van der Waals surface area contributed by atoms with Crippen molar-refractivity contribution in [1.82, 2.24) is 10.3 Å². The quantitative estimate of drug-likeness (QED) is 0.915. The Morgan fingerprint density at radius 2 is 2.12 bits per heavy atom. The Balaban J connectivity index is 2.13. The standard InChI is InChI=1S/C13H15BrN2S/c1-15-7-11(6-13-8-16-9-17-13)10-2-4-12(14)5-3-10/h2-5,8-9,11,15H,6-7H2,1H3. The van der Waals surface area contributed by atoms with Crippen LogP contribution in [0.15, 0.2) is 40.4 Å². The zero-order valence-corrected chi connectivity index (χ0v) is 12.1. The molecule has 0 aliphatic rings. The number of thiazole rings is 1. The molecule has 1 atom stereocenters. The van der Waals surface area contributed by atoms with Crippen LogP contribution in [0.4, 0.5) is 0 Å². The van der Waals surface area contributed by atoms with Crippen LogP contribution in [0.1, 0.15) is 16.4 Å². The summed E-state index contributed by atoms with van der Waals surface area (Å²) >= 11 is 5.20. The van der Waals surface area contributed by atoms with Crippen LogP contribution in [-0.2, 0) is 6.42 Å². The fourth-order valence-electron chi connectivity index (χ4n) is 1.88. The van der Waals surface area contributed by atoms with E-state index in [9.17, 15) is 0 Å². The Kier molecular flexibility index (Phi) is 4.71. The molecule has 1 N–H and O–H groups in total. The summed E-state index contributed by atoms with van der Waals surface area (Å²) < 4.78 is 1.13. The van der Waals surface area contributed by atoms with Gasteiger partial charge in [0.05, 0.1) is 5.51 Å². The number of nitrogens with zero attached hydrogens (tertiary/aromatic N) is 1. The molecule has 4 heteroatoms. The van der Waals surface area contributed by atoms with Gasteiger partial charge in [0.25, 0.3) is 0 Å². The molecule has 1 aromatic carbocycles. The van der Waals surface area contributed by atoms with E-state index in [1.54, 1.807) is 11.3 Å². The van der Waals surface area contributed by atoms with Gasteiger partial charge in [-0.1, -0.05) is 28.1 Å². The van der Waals surface area contributed by atoms with Gasteiger partial charge in [-0.25, -0.2) is 0 Å². The Labute approximate surface area is 114 Å². The molecule has 0 saturated carbocycles. The van der Waals surface area contributed by atoms with Crippen LogP contribution in [0.3, 0.4) is 0 Å². The third-order valence-electron chi connectivity index (χ3n) is 2.72. The Bertz CT molecular complexity index is 439. The number of nitrogens with one attached hydrogen (secondary N) is 1. The van der Waals surface area contributed by atoms with E-state index < -0.39 is 0 Å². The minimum absolute atomic E-state index is 0.508. The second kappa shape index (κ2) is 6.28. The monoisotopic (exact) mass is 310 g/mol. The van der Waals surface area contributed by atoms with Crippen LogP contribution in [0, 0.1) is 0 Å². The second-order valence-corrected chi connectivity index (χ2v) is 5.86. The number of halogens is 1. The third-order valence-corrected chi connectivity index (χ3v) is 4.05. The number of aromatic nitrogens is 1. The van der Waals surface area contributed by atoms with Gasteiger partial charge in [-0.15, -0.1) is 11.3 Å². The van der Waals surface area contributed by atoms with E-state index in [0.717, 1.165) is 17.4 Å². The molecule has 0 bridgehead atoms. The summed E-state index contributed by atoms with van der Waals surface area (Å²) in [6.45, 7) is 0.986. The first-order valence-electron chi connectivity index (χ1n) is 5.57. The minimum atomic E-state index is 0.508. The lowest BCUT2D eigenvalue weighted by molar-refractivity contribution is 0.629. The highest BCUT2D eigenvalue weighted by molar-refractivity contribution is 9.10. The molecule has 0 radical (unpaired) electrons. The van der Waals surface area contributed by atoms with Crippen LogP contribution in [0.2, 0.25) is 0 Å². The molecular formula is C13H15BrN2S. The van der Waals surface area contributed by atoms with Crippen LogP contribution in [0.5, 0.6) is 0 Å². The lowest BCUT2D eigenvalue weighted by Gasteiger charge is -2.16. The van der Waals surface area contributed by atoms with Gasteiger partial charge in [0.2, 0.25) is 0 Å². The van der Waals surface area contributed by atoms with Crippen molar-refractivity contribution in [2.24, 2.45) is 0 Å². The normalized spacial score (nSPS) is 12.6. The lowest BCUT2D eigenvalue weighted by Crippen LogP contribution is -2.18. The first-order chi connectivity index (χ1) is 8.29. The number of likely N-dealkylation sites (N-methyl/N-ethyl adjacent to an activating group) is 1. The van der Waals surface area contributed by atoms with E-state index in [0.29, 0.717) is 5.92 Å². The van der Waals surface area contributed by atoms with Crippen LogP contribution >= 0.6 is 27.3 Å². The summed E-state index contributed by atoms with van der Waals surface area (Å²) in [5, 5.41) is 3.27. The summed E-state index contributed by atoms with van der Waals surface area (Å²) in [7, 11) is 2.00. The van der Waals surface area contributed by atoms with Gasteiger partial charge >= 0.3 is 0 Å². The van der Waals surface area contributed by atoms with Crippen molar-refractivity contribution < 1.29 is 0 Å². The summed E-state index contributed by atoms with van der Waals surface area (Å²) in [6.07, 6.45) is 3.01. The average molecular weight is 311 g/mol. The smallest absolute Gasteiger partial charge is 0.0794 e. The summed E-state index contributed by atoms with van der Waals surface area (Å²) in [5.41, 5.74) is 3.27. The molecule has 2 rings (SSSR count). The number of hydrogen-bond donors (Lipinski definition) is 1. The molecule has 1 unspecified atom stereocenters. The molecule has 90 valence electrons. The molecule has 2 aromatic rings. The summed E-state index contributed by atoms with van der Waals surface area (Å²) in [6, 6.07) is 8.58. The number of benzene rings is 1. The maximum atomic E-state index is 4.13. The van der Waals surface area contributed by atoms with Gasteiger partial charge in [0, 0.05) is 28.0 Å². The van der Waals surface area contributed by atoms with E-state index >= 15 is 0 Å². The molecule has 0 spiro atoms. The highest BCUT2D eigenvalue weighted by atomic mass is 79.9. The third kappa shape index (κ3) is 3.63. The van der Waals surface area contributed by atoms with Gasteiger partial charge in [0.15, 0.2) is 0 Å². The van der Waals surface area contributed by atoms with Crippen molar-refractivity contribution in [3.8, 4) is 0 Å². The second-order valence-electron chi connectivity index (χ2n) is 3.98. The van der Waals surface area contributed by atoms with Crippen molar-refractivity contribution in [3.05, 3.63) is 50.9 Å². The average Bonchev–Trinajstić information content (AvgIpc) is 2.82. The van der Waals surface area contributed by atoms with Gasteiger partial charge in [-0.05, 0) is 31.2 Å². The van der Waals surface area contributed by atoms with Crippen molar-refractivity contribution in [2.75, 3.05) is 13.6 Å². The zero-order chi connectivity index (χ0) is 12.1. The van der Waals surface area contributed by atoms with E-state index in [1.165, 1.54) is 10.4 Å². The Hall–Kier alpha value is -0.710. The largest absolute Gasteiger partial charge is 0.319 e. The molecule has 1 heterocycles. The van der Waals surface area contributed by atoms with E-state index in [4.69, 9.17) is 0 Å². The van der Waals surface area contributed by atoms with Gasteiger partial charge in [0.1, 0.15) is 0 Å². The summed E-state index contributed by atoms with van der Waals surface area (Å²) in [4.78, 5) is 5.47. The van der Waals surface area contributed by atoms with Crippen molar-refractivity contribution in [1.29, 1.82) is 0 Å². The highest BCUT2D eigenvalue weighted by Gasteiger charge is 2.12. The molecule has 0 amide bonds. The van der Waals surface area contributed by atoms with Gasteiger partial charge in [-0.3, -0.25) is 4.98 Å². The molecule has 0 fully saturated rings. The Morgan fingerprint density at radius 3 is 2.71 bits per heavy atom. The van der Waals surface area contributed by atoms with E-state index in [-0.39, 0.29) is 0 Å². The molecule has 0 aliphatic carbocycles. The maximum Gasteiger partial charge on any atom is 0.0794 e. The lowest BCUT2D eigenvalue weighted by atomic mass is 9.95. The van der Waals surface area contributed by atoms with Crippen LogP contribution in [-0.4, -0.2) is 18.6 Å². The van der Waals surface area contributed by atoms with Crippen molar-refractivity contribution in [3.63, 3.8) is 0 Å².